The van der Waals surface area contributed by atoms with Crippen molar-refractivity contribution in [3.8, 4) is 0 Å². The molecule has 0 amide bonds. The molecule has 118 valence electrons. The van der Waals surface area contributed by atoms with Gasteiger partial charge in [0.2, 0.25) is 0 Å². The van der Waals surface area contributed by atoms with E-state index in [-0.39, 0.29) is 11.7 Å². The summed E-state index contributed by atoms with van der Waals surface area (Å²) >= 11 is 0. The van der Waals surface area contributed by atoms with E-state index in [0.29, 0.717) is 19.4 Å². The van der Waals surface area contributed by atoms with Gasteiger partial charge in [-0.3, -0.25) is 0 Å². The minimum atomic E-state index is -4.48. The number of ether oxygens (including phenoxy) is 1. The molecule has 2 nitrogen and oxygen atoms in total. The summed E-state index contributed by atoms with van der Waals surface area (Å²) in [6.07, 6.45) is -1.31. The molecule has 0 radical (unpaired) electrons. The third-order valence-corrected chi connectivity index (χ3v) is 3.84. The molecule has 1 fully saturated rings. The second-order valence-electron chi connectivity index (χ2n) is 5.28. The van der Waals surface area contributed by atoms with Crippen molar-refractivity contribution in [1.29, 1.82) is 0 Å². The Morgan fingerprint density at radius 1 is 1.38 bits per heavy atom. The minimum Gasteiger partial charge on any atom is -0.378 e. The van der Waals surface area contributed by atoms with Crippen LogP contribution in [0.2, 0.25) is 0 Å². The largest absolute Gasteiger partial charge is 0.416 e. The normalized spacial score (nSPS) is 20.7. The quantitative estimate of drug-likeness (QED) is 0.828. The highest BCUT2D eigenvalue weighted by atomic mass is 19.4. The number of benzene rings is 1. The van der Waals surface area contributed by atoms with Crippen molar-refractivity contribution < 1.29 is 22.3 Å². The average molecular weight is 305 g/mol. The molecule has 1 heterocycles. The Morgan fingerprint density at radius 3 is 2.71 bits per heavy atom. The highest BCUT2D eigenvalue weighted by molar-refractivity contribution is 5.33. The number of hydrogen-bond donors (Lipinski definition) is 1. The van der Waals surface area contributed by atoms with E-state index in [1.54, 1.807) is 7.05 Å². The van der Waals surface area contributed by atoms with Gasteiger partial charge in [0.25, 0.3) is 0 Å². The van der Waals surface area contributed by atoms with Gasteiger partial charge in [0.15, 0.2) is 0 Å². The summed E-state index contributed by atoms with van der Waals surface area (Å²) in [5, 5.41) is 2.86. The van der Waals surface area contributed by atoms with Crippen molar-refractivity contribution in [3.05, 3.63) is 35.1 Å². The maximum atomic E-state index is 13.4. The van der Waals surface area contributed by atoms with E-state index in [1.807, 2.05) is 0 Å². The van der Waals surface area contributed by atoms with Crippen LogP contribution in [0, 0.1) is 5.82 Å². The molecule has 2 rings (SSSR count). The van der Waals surface area contributed by atoms with Crippen LogP contribution < -0.4 is 5.32 Å². The molecule has 1 aromatic rings. The Morgan fingerprint density at radius 2 is 2.14 bits per heavy atom. The van der Waals surface area contributed by atoms with Crippen LogP contribution in [0.3, 0.4) is 0 Å². The van der Waals surface area contributed by atoms with Gasteiger partial charge in [-0.1, -0.05) is 0 Å². The molecule has 1 aromatic carbocycles. The predicted octanol–water partition coefficient (Wildman–Crippen LogP) is 4.06. The van der Waals surface area contributed by atoms with Gasteiger partial charge in [-0.2, -0.15) is 13.2 Å². The van der Waals surface area contributed by atoms with Gasteiger partial charge in [0, 0.05) is 12.6 Å². The first-order chi connectivity index (χ1) is 9.91. The third kappa shape index (κ3) is 4.17. The van der Waals surface area contributed by atoms with Gasteiger partial charge in [0.05, 0.1) is 11.7 Å². The number of halogens is 4. The highest BCUT2D eigenvalue weighted by Crippen LogP contribution is 2.36. The van der Waals surface area contributed by atoms with Crippen molar-refractivity contribution in [1.82, 2.24) is 5.32 Å². The average Bonchev–Trinajstić information content (AvgIpc) is 2.91. The van der Waals surface area contributed by atoms with Crippen molar-refractivity contribution in [2.45, 2.75) is 44.0 Å². The lowest BCUT2D eigenvalue weighted by Gasteiger charge is -2.22. The first-order valence-corrected chi connectivity index (χ1v) is 7.07. The summed E-state index contributed by atoms with van der Waals surface area (Å²) in [5.41, 5.74) is -0.821. The fourth-order valence-corrected chi connectivity index (χ4v) is 2.76. The van der Waals surface area contributed by atoms with E-state index in [4.69, 9.17) is 4.74 Å². The molecule has 0 aromatic heterocycles. The van der Waals surface area contributed by atoms with E-state index in [0.717, 1.165) is 31.0 Å². The zero-order valence-electron chi connectivity index (χ0n) is 11.8. The van der Waals surface area contributed by atoms with Crippen LogP contribution in [0.25, 0.3) is 0 Å². The molecule has 2 unspecified atom stereocenters. The lowest BCUT2D eigenvalue weighted by molar-refractivity contribution is -0.138. The van der Waals surface area contributed by atoms with Crippen LogP contribution >= 0.6 is 0 Å². The Labute approximate surface area is 121 Å². The van der Waals surface area contributed by atoms with E-state index in [2.05, 4.69) is 5.32 Å². The molecule has 2 atom stereocenters. The van der Waals surface area contributed by atoms with Gasteiger partial charge in [0.1, 0.15) is 5.82 Å². The number of hydrogen-bond acceptors (Lipinski definition) is 2. The number of nitrogens with one attached hydrogen (secondary N) is 1. The summed E-state index contributed by atoms with van der Waals surface area (Å²) in [6, 6.07) is 2.08. The van der Waals surface area contributed by atoms with Crippen molar-refractivity contribution in [3.63, 3.8) is 0 Å². The van der Waals surface area contributed by atoms with Gasteiger partial charge in [-0.05, 0) is 56.5 Å². The van der Waals surface area contributed by atoms with Gasteiger partial charge < -0.3 is 10.1 Å². The predicted molar refractivity (Wildman–Crippen MR) is 71.4 cm³/mol. The van der Waals surface area contributed by atoms with Gasteiger partial charge >= 0.3 is 6.18 Å². The minimum absolute atomic E-state index is 0.0389. The monoisotopic (exact) mass is 305 g/mol. The zero-order chi connectivity index (χ0) is 15.5. The summed E-state index contributed by atoms with van der Waals surface area (Å²) in [7, 11) is 1.59. The highest BCUT2D eigenvalue weighted by Gasteiger charge is 2.35. The van der Waals surface area contributed by atoms with E-state index < -0.39 is 23.6 Å². The van der Waals surface area contributed by atoms with Crippen LogP contribution in [-0.2, 0) is 10.9 Å². The Kier molecular flexibility index (Phi) is 5.22. The van der Waals surface area contributed by atoms with E-state index in [9.17, 15) is 17.6 Å². The molecule has 0 bridgehead atoms. The third-order valence-electron chi connectivity index (χ3n) is 3.84. The fraction of sp³-hybridized carbons (Fsp3) is 0.600. The van der Waals surface area contributed by atoms with Gasteiger partial charge in [-0.15, -0.1) is 0 Å². The number of rotatable bonds is 5. The molecule has 6 heteroatoms. The SMILES string of the molecule is CNC(CCC1CCCO1)c1cc(F)ccc1C(F)(F)F. The molecular formula is C15H19F4NO. The smallest absolute Gasteiger partial charge is 0.378 e. The Hall–Kier alpha value is -1.14. The van der Waals surface area contributed by atoms with Crippen molar-refractivity contribution >= 4 is 0 Å². The molecule has 1 aliphatic heterocycles. The molecule has 1 aliphatic rings. The first-order valence-electron chi connectivity index (χ1n) is 7.07. The van der Waals surface area contributed by atoms with Crippen LogP contribution in [0.1, 0.15) is 42.9 Å². The second-order valence-corrected chi connectivity index (χ2v) is 5.28. The van der Waals surface area contributed by atoms with Crippen molar-refractivity contribution in [2.75, 3.05) is 13.7 Å². The molecule has 21 heavy (non-hydrogen) atoms. The van der Waals surface area contributed by atoms with E-state index in [1.165, 1.54) is 0 Å². The molecule has 1 N–H and O–H groups in total. The van der Waals surface area contributed by atoms with Crippen LogP contribution in [0.4, 0.5) is 17.6 Å². The molecular weight excluding hydrogens is 286 g/mol. The standard InChI is InChI=1S/C15H19F4NO/c1-20-14(7-5-11-3-2-8-21-11)12-9-10(16)4-6-13(12)15(17,18)19/h4,6,9,11,14,20H,2-3,5,7-8H2,1H3. The lowest BCUT2D eigenvalue weighted by Crippen LogP contribution is -2.22. The summed E-state index contributed by atoms with van der Waals surface area (Å²) in [4.78, 5) is 0. The van der Waals surface area contributed by atoms with Crippen LogP contribution in [-0.4, -0.2) is 19.8 Å². The molecule has 0 saturated carbocycles. The van der Waals surface area contributed by atoms with Crippen molar-refractivity contribution in [2.24, 2.45) is 0 Å². The molecule has 0 spiro atoms. The van der Waals surface area contributed by atoms with Crippen LogP contribution in [0.15, 0.2) is 18.2 Å². The summed E-state index contributed by atoms with van der Waals surface area (Å²) in [6.45, 7) is 0.711. The zero-order valence-corrected chi connectivity index (χ0v) is 11.8. The second kappa shape index (κ2) is 6.75. The topological polar surface area (TPSA) is 21.3 Å². The number of alkyl halides is 3. The summed E-state index contributed by atoms with van der Waals surface area (Å²) in [5.74, 6) is -0.657. The molecule has 1 saturated heterocycles. The van der Waals surface area contributed by atoms with Gasteiger partial charge in [-0.25, -0.2) is 4.39 Å². The Bertz CT molecular complexity index is 469. The van der Waals surface area contributed by atoms with E-state index >= 15 is 0 Å². The molecule has 0 aliphatic carbocycles. The fourth-order valence-electron chi connectivity index (χ4n) is 2.76. The maximum absolute atomic E-state index is 13.4. The lowest BCUT2D eigenvalue weighted by atomic mass is 9.94. The maximum Gasteiger partial charge on any atom is 0.416 e. The Balaban J connectivity index is 2.17. The summed E-state index contributed by atoms with van der Waals surface area (Å²) < 4.78 is 58.0. The first kappa shape index (κ1) is 16.2. The van der Waals surface area contributed by atoms with Crippen LogP contribution in [0.5, 0.6) is 0 Å².